The van der Waals surface area contributed by atoms with E-state index in [4.69, 9.17) is 11.6 Å². The van der Waals surface area contributed by atoms with Crippen LogP contribution in [0.3, 0.4) is 0 Å². The van der Waals surface area contributed by atoms with Crippen LogP contribution in [0.5, 0.6) is 0 Å². The Morgan fingerprint density at radius 1 is 1.50 bits per heavy atom. The molecule has 0 bridgehead atoms. The summed E-state index contributed by atoms with van der Waals surface area (Å²) >= 11 is 5.92. The van der Waals surface area contributed by atoms with Crippen LogP contribution < -0.4 is 5.32 Å². The van der Waals surface area contributed by atoms with Gasteiger partial charge in [0.15, 0.2) is 0 Å². The Hall–Kier alpha value is -0.760. The van der Waals surface area contributed by atoms with E-state index < -0.39 is 0 Å². The monoisotopic (exact) mass is 212 g/mol. The molecule has 2 unspecified atom stereocenters. The van der Waals surface area contributed by atoms with E-state index in [1.165, 1.54) is 0 Å². The average Bonchev–Trinajstić information content (AvgIpc) is 2.01. The molecule has 1 aromatic rings. The van der Waals surface area contributed by atoms with Crippen LogP contribution in [0.4, 0.5) is 5.69 Å². The minimum Gasteiger partial charge on any atom is -0.382 e. The molecule has 2 nitrogen and oxygen atoms in total. The van der Waals surface area contributed by atoms with E-state index in [2.05, 4.69) is 17.2 Å². The van der Waals surface area contributed by atoms with Gasteiger partial charge in [0.1, 0.15) is 0 Å². The van der Waals surface area contributed by atoms with Crippen molar-refractivity contribution in [3.05, 3.63) is 24.0 Å². The molecule has 0 spiro atoms. The standard InChI is InChI=1S/C11H17ClN2/c1-8(12)6-10(3)14-11-4-5-13-9(2)7-11/h4-5,7-8,10H,6H2,1-3H3,(H,13,14). The highest BCUT2D eigenvalue weighted by Gasteiger charge is 2.05. The number of hydrogen-bond acceptors (Lipinski definition) is 2. The molecule has 3 heteroatoms. The van der Waals surface area contributed by atoms with Crippen LogP contribution in [-0.4, -0.2) is 16.4 Å². The molecule has 0 aliphatic rings. The first-order valence-corrected chi connectivity index (χ1v) is 5.35. The molecule has 0 radical (unpaired) electrons. The van der Waals surface area contributed by atoms with Crippen LogP contribution in [0, 0.1) is 6.92 Å². The number of halogens is 1. The number of anilines is 1. The summed E-state index contributed by atoms with van der Waals surface area (Å²) in [5, 5.41) is 3.60. The van der Waals surface area contributed by atoms with Crippen LogP contribution in [0.2, 0.25) is 0 Å². The summed E-state index contributed by atoms with van der Waals surface area (Å²) in [7, 11) is 0. The summed E-state index contributed by atoms with van der Waals surface area (Å²) in [5.41, 5.74) is 2.14. The lowest BCUT2D eigenvalue weighted by Gasteiger charge is -2.16. The van der Waals surface area contributed by atoms with Gasteiger partial charge in [-0.15, -0.1) is 11.6 Å². The van der Waals surface area contributed by atoms with E-state index in [0.29, 0.717) is 6.04 Å². The van der Waals surface area contributed by atoms with Gasteiger partial charge in [0, 0.05) is 29.0 Å². The van der Waals surface area contributed by atoms with Crippen molar-refractivity contribution < 1.29 is 0 Å². The van der Waals surface area contributed by atoms with Crippen molar-refractivity contribution in [1.29, 1.82) is 0 Å². The predicted molar refractivity (Wildman–Crippen MR) is 62.0 cm³/mol. The lowest BCUT2D eigenvalue weighted by Crippen LogP contribution is -2.18. The van der Waals surface area contributed by atoms with Crippen molar-refractivity contribution in [2.45, 2.75) is 38.6 Å². The Bertz CT molecular complexity index is 286. The fourth-order valence-electron chi connectivity index (χ4n) is 1.47. The maximum atomic E-state index is 5.92. The Morgan fingerprint density at radius 2 is 2.21 bits per heavy atom. The molecule has 0 fully saturated rings. The van der Waals surface area contributed by atoms with Gasteiger partial charge in [0.05, 0.1) is 0 Å². The Kier molecular flexibility index (Phi) is 4.21. The minimum atomic E-state index is 0.209. The molecular weight excluding hydrogens is 196 g/mol. The normalized spacial score (nSPS) is 14.9. The molecule has 1 rings (SSSR count). The SMILES string of the molecule is Cc1cc(NC(C)CC(C)Cl)ccn1. The molecule has 14 heavy (non-hydrogen) atoms. The van der Waals surface area contributed by atoms with Crippen molar-refractivity contribution in [2.24, 2.45) is 0 Å². The van der Waals surface area contributed by atoms with Gasteiger partial charge in [0.2, 0.25) is 0 Å². The fraction of sp³-hybridized carbons (Fsp3) is 0.545. The number of aromatic nitrogens is 1. The molecule has 78 valence electrons. The summed E-state index contributed by atoms with van der Waals surface area (Å²) in [6.07, 6.45) is 2.78. The van der Waals surface area contributed by atoms with Gasteiger partial charge in [-0.1, -0.05) is 0 Å². The Balaban J connectivity index is 2.51. The fourth-order valence-corrected chi connectivity index (χ4v) is 1.73. The second-order valence-electron chi connectivity index (χ2n) is 3.75. The van der Waals surface area contributed by atoms with Gasteiger partial charge >= 0.3 is 0 Å². The molecule has 0 saturated heterocycles. The van der Waals surface area contributed by atoms with Crippen molar-refractivity contribution in [1.82, 2.24) is 4.98 Å². The predicted octanol–water partition coefficient (Wildman–Crippen LogP) is 3.21. The summed E-state index contributed by atoms with van der Waals surface area (Å²) in [5.74, 6) is 0. The number of nitrogens with one attached hydrogen (secondary N) is 1. The molecular formula is C11H17ClN2. The molecule has 1 aromatic heterocycles. The molecule has 1 heterocycles. The first-order valence-electron chi connectivity index (χ1n) is 4.91. The molecule has 0 aromatic carbocycles. The van der Waals surface area contributed by atoms with Gasteiger partial charge in [-0.2, -0.15) is 0 Å². The largest absolute Gasteiger partial charge is 0.382 e. The highest BCUT2D eigenvalue weighted by Crippen LogP contribution is 2.12. The lowest BCUT2D eigenvalue weighted by molar-refractivity contribution is 0.696. The summed E-state index contributed by atoms with van der Waals surface area (Å²) in [6, 6.07) is 4.40. The van der Waals surface area contributed by atoms with Gasteiger partial charge in [0.25, 0.3) is 0 Å². The van der Waals surface area contributed by atoms with Gasteiger partial charge in [-0.3, -0.25) is 4.98 Å². The zero-order chi connectivity index (χ0) is 10.6. The van der Waals surface area contributed by atoms with Crippen LogP contribution >= 0.6 is 11.6 Å². The maximum Gasteiger partial charge on any atom is 0.0393 e. The van der Waals surface area contributed by atoms with Gasteiger partial charge in [-0.25, -0.2) is 0 Å². The maximum absolute atomic E-state index is 5.92. The average molecular weight is 213 g/mol. The summed E-state index contributed by atoms with van der Waals surface area (Å²) < 4.78 is 0. The van der Waals surface area contributed by atoms with Gasteiger partial charge < -0.3 is 5.32 Å². The van der Waals surface area contributed by atoms with E-state index in [1.807, 2.05) is 32.2 Å². The van der Waals surface area contributed by atoms with E-state index in [9.17, 15) is 0 Å². The molecule has 0 aliphatic carbocycles. The smallest absolute Gasteiger partial charge is 0.0393 e. The Morgan fingerprint density at radius 3 is 2.79 bits per heavy atom. The van der Waals surface area contributed by atoms with Crippen molar-refractivity contribution in [2.75, 3.05) is 5.32 Å². The van der Waals surface area contributed by atoms with Crippen LogP contribution in [0.1, 0.15) is 26.0 Å². The number of nitrogens with zero attached hydrogens (tertiary/aromatic N) is 1. The molecule has 1 N–H and O–H groups in total. The van der Waals surface area contributed by atoms with Crippen molar-refractivity contribution in [3.63, 3.8) is 0 Å². The van der Waals surface area contributed by atoms with E-state index in [-0.39, 0.29) is 5.38 Å². The van der Waals surface area contributed by atoms with Crippen molar-refractivity contribution >= 4 is 17.3 Å². The second kappa shape index (κ2) is 5.20. The quantitative estimate of drug-likeness (QED) is 0.776. The van der Waals surface area contributed by atoms with Gasteiger partial charge in [-0.05, 0) is 39.3 Å². The topological polar surface area (TPSA) is 24.9 Å². The first kappa shape index (κ1) is 11.3. The van der Waals surface area contributed by atoms with E-state index >= 15 is 0 Å². The third kappa shape index (κ3) is 3.97. The molecule has 0 saturated carbocycles. The van der Waals surface area contributed by atoms with Crippen molar-refractivity contribution in [3.8, 4) is 0 Å². The molecule has 0 aliphatic heterocycles. The van der Waals surface area contributed by atoms with Crippen LogP contribution in [0.25, 0.3) is 0 Å². The summed E-state index contributed by atoms with van der Waals surface area (Å²) in [4.78, 5) is 4.14. The number of alkyl halides is 1. The number of pyridine rings is 1. The molecule has 0 amide bonds. The Labute approximate surface area is 90.7 Å². The summed E-state index contributed by atoms with van der Waals surface area (Å²) in [6.45, 7) is 6.13. The number of aryl methyl sites for hydroxylation is 1. The number of hydrogen-bond donors (Lipinski definition) is 1. The number of rotatable bonds is 4. The highest BCUT2D eigenvalue weighted by atomic mass is 35.5. The van der Waals surface area contributed by atoms with E-state index in [0.717, 1.165) is 17.8 Å². The van der Waals surface area contributed by atoms with E-state index in [1.54, 1.807) is 0 Å². The third-order valence-corrected chi connectivity index (χ3v) is 2.17. The van der Waals surface area contributed by atoms with Crippen LogP contribution in [0.15, 0.2) is 18.3 Å². The zero-order valence-corrected chi connectivity index (χ0v) is 9.67. The minimum absolute atomic E-state index is 0.209. The molecule has 2 atom stereocenters. The zero-order valence-electron chi connectivity index (χ0n) is 8.92. The lowest BCUT2D eigenvalue weighted by atomic mass is 10.2. The third-order valence-electron chi connectivity index (χ3n) is 1.99. The highest BCUT2D eigenvalue weighted by molar-refractivity contribution is 6.20. The second-order valence-corrected chi connectivity index (χ2v) is 4.49. The first-order chi connectivity index (χ1) is 6.58. The van der Waals surface area contributed by atoms with Crippen LogP contribution in [-0.2, 0) is 0 Å².